The summed E-state index contributed by atoms with van der Waals surface area (Å²) in [5, 5.41) is 2.04. The first kappa shape index (κ1) is 8.97. The maximum Gasteiger partial charge on any atom is 0.0824 e. The van der Waals surface area contributed by atoms with Crippen molar-refractivity contribution in [3.63, 3.8) is 0 Å². The zero-order chi connectivity index (χ0) is 8.10. The summed E-state index contributed by atoms with van der Waals surface area (Å²) >= 11 is 5.12. The first-order chi connectivity index (χ1) is 5.34. The molecule has 1 rings (SSSR count). The zero-order valence-electron chi connectivity index (χ0n) is 6.05. The second kappa shape index (κ2) is 4.70. The Morgan fingerprint density at radius 3 is 3.09 bits per heavy atom. The molecule has 0 aliphatic heterocycles. The zero-order valence-corrected chi connectivity index (χ0v) is 8.45. The normalized spacial score (nSPS) is 9.91. The van der Waals surface area contributed by atoms with E-state index in [0.29, 0.717) is 13.2 Å². The molecule has 0 bridgehead atoms. The molecule has 0 aliphatic carbocycles. The van der Waals surface area contributed by atoms with E-state index in [-0.39, 0.29) is 0 Å². The van der Waals surface area contributed by atoms with Crippen LogP contribution in [0.25, 0.3) is 0 Å². The van der Waals surface area contributed by atoms with Crippen LogP contribution in [0, 0.1) is 0 Å². The topological polar surface area (TPSA) is 9.23 Å². The van der Waals surface area contributed by atoms with Gasteiger partial charge in [0.15, 0.2) is 0 Å². The van der Waals surface area contributed by atoms with Crippen molar-refractivity contribution in [3.8, 4) is 0 Å². The highest BCUT2D eigenvalue weighted by atomic mass is 79.9. The molecule has 0 unspecified atom stereocenters. The summed E-state index contributed by atoms with van der Waals surface area (Å²) in [7, 11) is 0. The lowest BCUT2D eigenvalue weighted by atomic mass is 10.5. The van der Waals surface area contributed by atoms with Crippen LogP contribution in [0.1, 0.15) is 4.88 Å². The van der Waals surface area contributed by atoms with Crippen molar-refractivity contribution in [2.24, 2.45) is 0 Å². The molecule has 60 valence electrons. The van der Waals surface area contributed by atoms with Crippen molar-refractivity contribution in [1.82, 2.24) is 0 Å². The molecule has 0 N–H and O–H groups in total. The number of rotatable bonds is 4. The molecule has 0 saturated carbocycles. The average Bonchev–Trinajstić information content (AvgIpc) is 2.37. The summed E-state index contributed by atoms with van der Waals surface area (Å²) in [6.07, 6.45) is 1.75. The molecule has 0 spiro atoms. The van der Waals surface area contributed by atoms with Gasteiger partial charge < -0.3 is 4.74 Å². The highest BCUT2D eigenvalue weighted by Crippen LogP contribution is 2.22. The minimum absolute atomic E-state index is 0.615. The van der Waals surface area contributed by atoms with Crippen LogP contribution in [0.2, 0.25) is 0 Å². The third kappa shape index (κ3) is 2.77. The van der Waals surface area contributed by atoms with Gasteiger partial charge in [-0.25, -0.2) is 0 Å². The third-order valence-corrected chi connectivity index (χ3v) is 3.06. The largest absolute Gasteiger partial charge is 0.372 e. The molecule has 0 saturated heterocycles. The fourth-order valence-electron chi connectivity index (χ4n) is 0.663. The summed E-state index contributed by atoms with van der Waals surface area (Å²) < 4.78 is 6.40. The fourth-order valence-corrected chi connectivity index (χ4v) is 2.07. The first-order valence-corrected chi connectivity index (χ1v) is 4.92. The molecule has 11 heavy (non-hydrogen) atoms. The minimum atomic E-state index is 0.615. The Labute approximate surface area is 78.8 Å². The highest BCUT2D eigenvalue weighted by molar-refractivity contribution is 9.10. The van der Waals surface area contributed by atoms with Crippen LogP contribution in [0.4, 0.5) is 0 Å². The molecule has 0 aliphatic rings. The second-order valence-electron chi connectivity index (χ2n) is 2.00. The minimum Gasteiger partial charge on any atom is -0.372 e. The lowest BCUT2D eigenvalue weighted by Crippen LogP contribution is -1.89. The Kier molecular flexibility index (Phi) is 3.83. The Morgan fingerprint density at radius 1 is 1.73 bits per heavy atom. The summed E-state index contributed by atoms with van der Waals surface area (Å²) in [6.45, 7) is 4.85. The van der Waals surface area contributed by atoms with Gasteiger partial charge in [0.25, 0.3) is 0 Å². The molecule has 0 atom stereocenters. The molecule has 0 aromatic carbocycles. The molecular weight excluding hydrogens is 224 g/mol. The molecule has 1 aromatic heterocycles. The van der Waals surface area contributed by atoms with Crippen molar-refractivity contribution < 1.29 is 4.74 Å². The van der Waals surface area contributed by atoms with E-state index >= 15 is 0 Å². The van der Waals surface area contributed by atoms with Crippen LogP contribution in [0.3, 0.4) is 0 Å². The van der Waals surface area contributed by atoms with Gasteiger partial charge in [0.2, 0.25) is 0 Å². The second-order valence-corrected chi connectivity index (χ2v) is 3.85. The number of ether oxygens (including phenoxy) is 1. The van der Waals surface area contributed by atoms with Crippen LogP contribution in [0.15, 0.2) is 28.6 Å². The van der Waals surface area contributed by atoms with Crippen LogP contribution < -0.4 is 0 Å². The standard InChI is InChI=1S/C8H9BrOS/c1-2-4-10-6-8-7(9)3-5-11-8/h2-3,5H,1,4,6H2. The Bertz CT molecular complexity index is 232. The number of halogens is 1. The third-order valence-electron chi connectivity index (χ3n) is 1.16. The van der Waals surface area contributed by atoms with Crippen LogP contribution in [-0.4, -0.2) is 6.61 Å². The highest BCUT2D eigenvalue weighted by Gasteiger charge is 1.99. The lowest BCUT2D eigenvalue weighted by Gasteiger charge is -1.97. The molecule has 0 fully saturated rings. The van der Waals surface area contributed by atoms with Gasteiger partial charge >= 0.3 is 0 Å². The van der Waals surface area contributed by atoms with E-state index in [2.05, 4.69) is 22.5 Å². The first-order valence-electron chi connectivity index (χ1n) is 3.25. The van der Waals surface area contributed by atoms with Gasteiger partial charge in [-0.1, -0.05) is 6.08 Å². The SMILES string of the molecule is C=CCOCc1sccc1Br. The van der Waals surface area contributed by atoms with Crippen molar-refractivity contribution in [1.29, 1.82) is 0 Å². The molecule has 0 amide bonds. The van der Waals surface area contributed by atoms with E-state index in [1.54, 1.807) is 17.4 Å². The molecule has 3 heteroatoms. The van der Waals surface area contributed by atoms with Crippen molar-refractivity contribution in [2.75, 3.05) is 6.61 Å². The fraction of sp³-hybridized carbons (Fsp3) is 0.250. The number of thiophene rings is 1. The summed E-state index contributed by atoms with van der Waals surface area (Å²) in [5.41, 5.74) is 0. The molecule has 1 aromatic rings. The molecule has 1 heterocycles. The Balaban J connectivity index is 2.38. The molecule has 1 nitrogen and oxygen atoms in total. The van der Waals surface area contributed by atoms with Crippen molar-refractivity contribution in [2.45, 2.75) is 6.61 Å². The summed E-state index contributed by atoms with van der Waals surface area (Å²) in [5.74, 6) is 0. The van der Waals surface area contributed by atoms with E-state index in [0.717, 1.165) is 4.47 Å². The number of hydrogen-bond acceptors (Lipinski definition) is 2. The van der Waals surface area contributed by atoms with E-state index in [1.807, 2.05) is 11.4 Å². The van der Waals surface area contributed by atoms with Gasteiger partial charge in [-0.2, -0.15) is 0 Å². The smallest absolute Gasteiger partial charge is 0.0824 e. The van der Waals surface area contributed by atoms with Gasteiger partial charge in [0, 0.05) is 9.35 Å². The summed E-state index contributed by atoms with van der Waals surface area (Å²) in [4.78, 5) is 1.23. The van der Waals surface area contributed by atoms with Gasteiger partial charge in [-0.05, 0) is 27.4 Å². The molecular formula is C8H9BrOS. The van der Waals surface area contributed by atoms with Gasteiger partial charge in [0.05, 0.1) is 13.2 Å². The van der Waals surface area contributed by atoms with Crippen LogP contribution in [-0.2, 0) is 11.3 Å². The lowest BCUT2D eigenvalue weighted by molar-refractivity contribution is 0.151. The quantitative estimate of drug-likeness (QED) is 0.573. The molecule has 0 radical (unpaired) electrons. The monoisotopic (exact) mass is 232 g/mol. The predicted molar refractivity (Wildman–Crippen MR) is 51.9 cm³/mol. The van der Waals surface area contributed by atoms with E-state index in [4.69, 9.17) is 4.74 Å². The van der Waals surface area contributed by atoms with E-state index in [9.17, 15) is 0 Å². The van der Waals surface area contributed by atoms with Gasteiger partial charge in [0.1, 0.15) is 0 Å². The van der Waals surface area contributed by atoms with Gasteiger partial charge in [-0.15, -0.1) is 17.9 Å². The van der Waals surface area contributed by atoms with Crippen molar-refractivity contribution >= 4 is 27.3 Å². The maximum atomic E-state index is 5.27. The van der Waals surface area contributed by atoms with Crippen LogP contribution in [0.5, 0.6) is 0 Å². The van der Waals surface area contributed by atoms with E-state index < -0.39 is 0 Å². The predicted octanol–water partition coefficient (Wildman–Crippen LogP) is 3.21. The van der Waals surface area contributed by atoms with Gasteiger partial charge in [-0.3, -0.25) is 0 Å². The Morgan fingerprint density at radius 2 is 2.55 bits per heavy atom. The average molecular weight is 233 g/mol. The van der Waals surface area contributed by atoms with Crippen LogP contribution >= 0.6 is 27.3 Å². The maximum absolute atomic E-state index is 5.27. The summed E-state index contributed by atoms with van der Waals surface area (Å²) in [6, 6.07) is 2.03. The van der Waals surface area contributed by atoms with E-state index in [1.165, 1.54) is 4.88 Å². The number of hydrogen-bond donors (Lipinski definition) is 0. The Hall–Kier alpha value is -0.120. The van der Waals surface area contributed by atoms with Crippen molar-refractivity contribution in [3.05, 3.63) is 33.5 Å².